The van der Waals surface area contributed by atoms with Crippen molar-refractivity contribution < 1.29 is 9.47 Å². The van der Waals surface area contributed by atoms with Crippen LogP contribution in [0.2, 0.25) is 0 Å². The van der Waals surface area contributed by atoms with Crippen LogP contribution in [0.1, 0.15) is 64.2 Å². The van der Waals surface area contributed by atoms with Gasteiger partial charge in [-0.25, -0.2) is 9.98 Å². The maximum atomic E-state index is 6.07. The molecule has 0 radical (unpaired) electrons. The Bertz CT molecular complexity index is 679. The van der Waals surface area contributed by atoms with Gasteiger partial charge in [0.2, 0.25) is 11.8 Å². The normalized spacial score (nSPS) is 43.7. The number of allylic oxidation sites excluding steroid dienone is 2. The fourth-order valence-electron chi connectivity index (χ4n) is 5.51. The third kappa shape index (κ3) is 5.06. The molecule has 6 unspecified atom stereocenters. The van der Waals surface area contributed by atoms with Crippen molar-refractivity contribution in [2.45, 2.75) is 98.2 Å². The van der Waals surface area contributed by atoms with Gasteiger partial charge in [-0.3, -0.25) is 0 Å². The van der Waals surface area contributed by atoms with E-state index in [0.717, 1.165) is 37.5 Å². The van der Waals surface area contributed by atoms with E-state index in [1.165, 1.54) is 38.5 Å². The minimum absolute atomic E-state index is 0.310. The summed E-state index contributed by atoms with van der Waals surface area (Å²) in [6, 6.07) is 0.710. The Kier molecular flexibility index (Phi) is 6.71. The van der Waals surface area contributed by atoms with Gasteiger partial charge in [-0.05, 0) is 88.2 Å². The Labute approximate surface area is 196 Å². The summed E-state index contributed by atoms with van der Waals surface area (Å²) in [5.74, 6) is 3.01. The van der Waals surface area contributed by atoms with Crippen LogP contribution < -0.4 is 0 Å². The largest absolute Gasteiger partial charge is 0.472 e. The van der Waals surface area contributed by atoms with Gasteiger partial charge in [-0.15, -0.1) is 0 Å². The van der Waals surface area contributed by atoms with E-state index >= 15 is 0 Å². The van der Waals surface area contributed by atoms with Crippen molar-refractivity contribution in [3.8, 4) is 0 Å². The van der Waals surface area contributed by atoms with Gasteiger partial charge in [0.15, 0.2) is 0 Å². The second-order valence-corrected chi connectivity index (χ2v) is 12.2. The number of hydrogen-bond donors (Lipinski definition) is 0. The molecule has 0 amide bonds. The molecular formula is C24H32Br2N2O2. The van der Waals surface area contributed by atoms with E-state index in [1.54, 1.807) is 0 Å². The minimum Gasteiger partial charge on any atom is -0.472 e. The Balaban J connectivity index is 1.07. The van der Waals surface area contributed by atoms with Crippen molar-refractivity contribution in [2.75, 3.05) is 0 Å². The van der Waals surface area contributed by atoms with Gasteiger partial charge in [-0.1, -0.05) is 44.0 Å². The minimum atomic E-state index is 0.310. The summed E-state index contributed by atoms with van der Waals surface area (Å²) in [7, 11) is 0. The Morgan fingerprint density at radius 1 is 0.633 bits per heavy atom. The van der Waals surface area contributed by atoms with Gasteiger partial charge < -0.3 is 9.47 Å². The second-order valence-electron chi connectivity index (χ2n) is 9.60. The summed E-state index contributed by atoms with van der Waals surface area (Å²) in [4.78, 5) is 10.8. The van der Waals surface area contributed by atoms with E-state index in [0.29, 0.717) is 45.8 Å². The molecule has 3 fully saturated rings. The van der Waals surface area contributed by atoms with Gasteiger partial charge in [0.25, 0.3) is 0 Å². The van der Waals surface area contributed by atoms with Crippen LogP contribution in [0, 0.1) is 11.8 Å². The second kappa shape index (κ2) is 9.48. The molecule has 2 heterocycles. The quantitative estimate of drug-likeness (QED) is 0.403. The van der Waals surface area contributed by atoms with Crippen LogP contribution in [-0.2, 0) is 9.47 Å². The van der Waals surface area contributed by atoms with Gasteiger partial charge >= 0.3 is 0 Å². The molecule has 3 saturated carbocycles. The van der Waals surface area contributed by atoms with Gasteiger partial charge in [0.05, 0.1) is 12.1 Å². The van der Waals surface area contributed by atoms with Crippen molar-refractivity contribution in [2.24, 2.45) is 21.8 Å². The summed E-state index contributed by atoms with van der Waals surface area (Å²) in [6.45, 7) is 0. The molecule has 0 spiro atoms. The van der Waals surface area contributed by atoms with E-state index < -0.39 is 0 Å². The first-order chi connectivity index (χ1) is 14.6. The lowest BCUT2D eigenvalue weighted by atomic mass is 9.81. The summed E-state index contributed by atoms with van der Waals surface area (Å²) in [6.07, 6.45) is 21.4. The van der Waals surface area contributed by atoms with Crippen molar-refractivity contribution in [1.29, 1.82) is 0 Å². The molecule has 6 atom stereocenters. The predicted molar refractivity (Wildman–Crippen MR) is 129 cm³/mol. The number of hydrogen-bond acceptors (Lipinski definition) is 4. The molecule has 3 aliphatic carbocycles. The molecule has 0 aromatic carbocycles. The summed E-state index contributed by atoms with van der Waals surface area (Å²) < 4.78 is 12.1. The maximum absolute atomic E-state index is 6.07. The van der Waals surface area contributed by atoms with Crippen molar-refractivity contribution in [3.63, 3.8) is 0 Å². The highest BCUT2D eigenvalue weighted by Crippen LogP contribution is 2.35. The number of alkyl halides is 2. The van der Waals surface area contributed by atoms with Gasteiger partial charge in [-0.2, -0.15) is 0 Å². The number of aliphatic imine (C=N–C) groups is 2. The Hall–Kier alpha value is -0.620. The van der Waals surface area contributed by atoms with Crippen LogP contribution in [0.5, 0.6) is 0 Å². The summed E-state index contributed by atoms with van der Waals surface area (Å²) in [5, 5.41) is 0. The molecule has 164 valence electrons. The highest BCUT2D eigenvalue weighted by molar-refractivity contribution is 9.09. The number of fused-ring (bicyclic) bond motifs is 2. The van der Waals surface area contributed by atoms with E-state index in [-0.39, 0.29) is 0 Å². The summed E-state index contributed by atoms with van der Waals surface area (Å²) >= 11 is 7.48. The molecule has 0 N–H and O–H groups in total. The zero-order valence-electron chi connectivity index (χ0n) is 17.5. The summed E-state index contributed by atoms with van der Waals surface area (Å²) in [5.41, 5.74) is 0. The monoisotopic (exact) mass is 538 g/mol. The van der Waals surface area contributed by atoms with E-state index in [2.05, 4.69) is 56.2 Å². The lowest BCUT2D eigenvalue weighted by Crippen LogP contribution is -2.30. The van der Waals surface area contributed by atoms with E-state index in [4.69, 9.17) is 19.5 Å². The lowest BCUT2D eigenvalue weighted by molar-refractivity contribution is 0.156. The molecular weight excluding hydrogens is 508 g/mol. The lowest BCUT2D eigenvalue weighted by Gasteiger charge is -2.26. The van der Waals surface area contributed by atoms with Crippen molar-refractivity contribution >= 4 is 43.7 Å². The Morgan fingerprint density at radius 2 is 1.07 bits per heavy atom. The molecule has 6 heteroatoms. The third-order valence-electron chi connectivity index (χ3n) is 7.35. The molecule has 0 aromatic rings. The molecule has 30 heavy (non-hydrogen) atoms. The SMILES string of the molecule is BrC1CCC2OC(C=CC3CCC(C=CC4=NC5CC(Br)CCC5O4)CC3)=NC2C1. The molecule has 4 nitrogen and oxygen atoms in total. The number of halogens is 2. The number of rotatable bonds is 4. The molecule has 5 rings (SSSR count). The fraction of sp³-hybridized carbons (Fsp3) is 0.750. The molecule has 2 aliphatic heterocycles. The molecule has 5 aliphatic rings. The standard InChI is InChI=1S/C24H32Br2N2O2/c25-17-7-9-21-19(13-17)27-23(29-21)11-5-15-1-2-16(4-3-15)6-12-24-28-20-14-18(26)8-10-22(20)30-24/h5-6,11-12,15-22H,1-4,7-10,13-14H2. The van der Waals surface area contributed by atoms with Crippen molar-refractivity contribution in [1.82, 2.24) is 0 Å². The molecule has 0 bridgehead atoms. The Morgan fingerprint density at radius 3 is 1.50 bits per heavy atom. The first-order valence-corrected chi connectivity index (χ1v) is 13.6. The highest BCUT2D eigenvalue weighted by atomic mass is 79.9. The highest BCUT2D eigenvalue weighted by Gasteiger charge is 2.36. The smallest absolute Gasteiger partial charge is 0.208 e. The first kappa shape index (κ1) is 21.2. The van der Waals surface area contributed by atoms with Crippen molar-refractivity contribution in [3.05, 3.63) is 24.3 Å². The van der Waals surface area contributed by atoms with Gasteiger partial charge in [0, 0.05) is 9.65 Å². The first-order valence-electron chi connectivity index (χ1n) is 11.8. The number of nitrogens with zero attached hydrogens (tertiary/aromatic N) is 2. The van der Waals surface area contributed by atoms with E-state index in [1.807, 2.05) is 0 Å². The molecule has 0 saturated heterocycles. The topological polar surface area (TPSA) is 43.2 Å². The average molecular weight is 540 g/mol. The molecule has 0 aromatic heterocycles. The zero-order chi connectivity index (χ0) is 20.5. The number of ether oxygens (including phenoxy) is 2. The third-order valence-corrected chi connectivity index (χ3v) is 9.01. The van der Waals surface area contributed by atoms with Crippen LogP contribution in [0.25, 0.3) is 0 Å². The van der Waals surface area contributed by atoms with Crippen LogP contribution in [-0.4, -0.2) is 45.7 Å². The van der Waals surface area contributed by atoms with E-state index in [9.17, 15) is 0 Å². The van der Waals surface area contributed by atoms with Crippen LogP contribution in [0.15, 0.2) is 34.3 Å². The predicted octanol–water partition coefficient (Wildman–Crippen LogP) is 6.13. The van der Waals surface area contributed by atoms with Gasteiger partial charge in [0.1, 0.15) is 12.2 Å². The fourth-order valence-corrected chi connectivity index (χ4v) is 6.81. The van der Waals surface area contributed by atoms with Crippen LogP contribution >= 0.6 is 31.9 Å². The average Bonchev–Trinajstić information content (AvgIpc) is 3.34. The zero-order valence-corrected chi connectivity index (χ0v) is 20.6. The van der Waals surface area contributed by atoms with Crippen LogP contribution in [0.4, 0.5) is 0 Å². The van der Waals surface area contributed by atoms with Crippen LogP contribution in [0.3, 0.4) is 0 Å². The maximum Gasteiger partial charge on any atom is 0.208 e.